The third kappa shape index (κ3) is 3.57. The molecule has 0 aliphatic carbocycles. The SMILES string of the molecule is CCCCCC1CCC(C)OC1. The normalized spacial score (nSPS) is 30.5. The molecule has 0 N–H and O–H groups in total. The quantitative estimate of drug-likeness (QED) is 0.588. The molecule has 2 atom stereocenters. The Hall–Kier alpha value is -0.0400. The Bertz CT molecular complexity index is 104. The molecule has 1 fully saturated rings. The van der Waals surface area contributed by atoms with Gasteiger partial charge in [-0.25, -0.2) is 0 Å². The predicted octanol–water partition coefficient (Wildman–Crippen LogP) is 3.38. The molecule has 1 rings (SSSR count). The first-order valence-corrected chi connectivity index (χ1v) is 5.44. The Kier molecular flexibility index (Phi) is 4.67. The zero-order valence-electron chi connectivity index (χ0n) is 8.51. The molecular weight excluding hydrogens is 148 g/mol. The summed E-state index contributed by atoms with van der Waals surface area (Å²) in [6.45, 7) is 5.46. The fourth-order valence-electron chi connectivity index (χ4n) is 1.85. The molecule has 1 heterocycles. The van der Waals surface area contributed by atoms with Gasteiger partial charge in [0, 0.05) is 6.61 Å². The average Bonchev–Trinajstić information content (AvgIpc) is 2.09. The van der Waals surface area contributed by atoms with Gasteiger partial charge in [-0.05, 0) is 32.1 Å². The summed E-state index contributed by atoms with van der Waals surface area (Å²) < 4.78 is 5.62. The van der Waals surface area contributed by atoms with Crippen LogP contribution in [0.4, 0.5) is 0 Å². The Morgan fingerprint density at radius 1 is 1.25 bits per heavy atom. The molecule has 12 heavy (non-hydrogen) atoms. The van der Waals surface area contributed by atoms with Gasteiger partial charge in [0.05, 0.1) is 6.10 Å². The molecule has 0 aromatic carbocycles. The molecule has 1 nitrogen and oxygen atoms in total. The number of hydrogen-bond acceptors (Lipinski definition) is 1. The maximum Gasteiger partial charge on any atom is 0.0547 e. The van der Waals surface area contributed by atoms with E-state index in [4.69, 9.17) is 4.74 Å². The van der Waals surface area contributed by atoms with Crippen LogP contribution in [0.2, 0.25) is 0 Å². The van der Waals surface area contributed by atoms with E-state index < -0.39 is 0 Å². The lowest BCUT2D eigenvalue weighted by Crippen LogP contribution is -2.23. The smallest absolute Gasteiger partial charge is 0.0547 e. The Morgan fingerprint density at radius 2 is 2.08 bits per heavy atom. The second kappa shape index (κ2) is 5.58. The predicted molar refractivity (Wildman–Crippen MR) is 52.3 cm³/mol. The van der Waals surface area contributed by atoms with Gasteiger partial charge < -0.3 is 4.74 Å². The van der Waals surface area contributed by atoms with Crippen LogP contribution >= 0.6 is 0 Å². The average molecular weight is 170 g/mol. The molecule has 0 spiro atoms. The van der Waals surface area contributed by atoms with Crippen LogP contribution in [0.15, 0.2) is 0 Å². The Labute approximate surface area is 76.5 Å². The van der Waals surface area contributed by atoms with Crippen molar-refractivity contribution in [3.63, 3.8) is 0 Å². The van der Waals surface area contributed by atoms with Crippen LogP contribution in [0.1, 0.15) is 52.4 Å². The van der Waals surface area contributed by atoms with Crippen LogP contribution in [-0.2, 0) is 4.74 Å². The van der Waals surface area contributed by atoms with E-state index in [1.165, 1.54) is 38.5 Å². The Balaban J connectivity index is 2.01. The Morgan fingerprint density at radius 3 is 2.67 bits per heavy atom. The van der Waals surface area contributed by atoms with Crippen molar-refractivity contribution >= 4 is 0 Å². The molecule has 0 radical (unpaired) electrons. The van der Waals surface area contributed by atoms with Crippen LogP contribution in [0.25, 0.3) is 0 Å². The van der Waals surface area contributed by atoms with Crippen molar-refractivity contribution in [2.45, 2.75) is 58.5 Å². The maximum absolute atomic E-state index is 5.62. The number of ether oxygens (including phenoxy) is 1. The highest BCUT2D eigenvalue weighted by atomic mass is 16.5. The van der Waals surface area contributed by atoms with Gasteiger partial charge in [0.2, 0.25) is 0 Å². The highest BCUT2D eigenvalue weighted by molar-refractivity contribution is 4.67. The summed E-state index contributed by atoms with van der Waals surface area (Å²) >= 11 is 0. The van der Waals surface area contributed by atoms with Gasteiger partial charge in [-0.15, -0.1) is 0 Å². The summed E-state index contributed by atoms with van der Waals surface area (Å²) in [5.41, 5.74) is 0. The zero-order chi connectivity index (χ0) is 8.81. The molecule has 0 aromatic rings. The van der Waals surface area contributed by atoms with Crippen molar-refractivity contribution in [2.75, 3.05) is 6.61 Å². The molecule has 72 valence electrons. The third-order valence-electron chi connectivity index (χ3n) is 2.81. The molecule has 1 saturated heterocycles. The van der Waals surface area contributed by atoms with Crippen molar-refractivity contribution in [1.29, 1.82) is 0 Å². The van der Waals surface area contributed by atoms with E-state index in [1.807, 2.05) is 0 Å². The monoisotopic (exact) mass is 170 g/mol. The molecule has 0 bridgehead atoms. The van der Waals surface area contributed by atoms with Gasteiger partial charge in [0.15, 0.2) is 0 Å². The van der Waals surface area contributed by atoms with E-state index in [0.717, 1.165) is 12.5 Å². The molecule has 0 saturated carbocycles. The number of unbranched alkanes of at least 4 members (excludes halogenated alkanes) is 2. The summed E-state index contributed by atoms with van der Waals surface area (Å²) in [5.74, 6) is 0.868. The zero-order valence-corrected chi connectivity index (χ0v) is 8.51. The summed E-state index contributed by atoms with van der Waals surface area (Å²) in [4.78, 5) is 0. The summed E-state index contributed by atoms with van der Waals surface area (Å²) in [7, 11) is 0. The van der Waals surface area contributed by atoms with Crippen molar-refractivity contribution in [2.24, 2.45) is 5.92 Å². The first kappa shape index (κ1) is 10.0. The minimum absolute atomic E-state index is 0.521. The fraction of sp³-hybridized carbons (Fsp3) is 1.00. The number of hydrogen-bond donors (Lipinski definition) is 0. The molecule has 2 unspecified atom stereocenters. The first-order chi connectivity index (χ1) is 5.83. The molecule has 0 aromatic heterocycles. The lowest BCUT2D eigenvalue weighted by Gasteiger charge is -2.26. The fourth-order valence-corrected chi connectivity index (χ4v) is 1.85. The highest BCUT2D eigenvalue weighted by Crippen LogP contribution is 2.23. The van der Waals surface area contributed by atoms with Gasteiger partial charge >= 0.3 is 0 Å². The van der Waals surface area contributed by atoms with Crippen LogP contribution in [0.5, 0.6) is 0 Å². The second-order valence-corrected chi connectivity index (χ2v) is 4.08. The minimum atomic E-state index is 0.521. The lowest BCUT2D eigenvalue weighted by molar-refractivity contribution is -0.00765. The highest BCUT2D eigenvalue weighted by Gasteiger charge is 2.17. The van der Waals surface area contributed by atoms with Gasteiger partial charge in [-0.1, -0.05) is 26.2 Å². The summed E-state index contributed by atoms with van der Waals surface area (Å²) in [5, 5.41) is 0. The summed E-state index contributed by atoms with van der Waals surface area (Å²) in [6, 6.07) is 0. The van der Waals surface area contributed by atoms with Crippen molar-refractivity contribution < 1.29 is 4.74 Å². The van der Waals surface area contributed by atoms with E-state index in [0.29, 0.717) is 6.10 Å². The largest absolute Gasteiger partial charge is 0.378 e. The van der Waals surface area contributed by atoms with Crippen LogP contribution < -0.4 is 0 Å². The van der Waals surface area contributed by atoms with E-state index in [-0.39, 0.29) is 0 Å². The van der Waals surface area contributed by atoms with E-state index in [9.17, 15) is 0 Å². The molecule has 1 aliphatic heterocycles. The van der Waals surface area contributed by atoms with Gasteiger partial charge in [-0.3, -0.25) is 0 Å². The summed E-state index contributed by atoms with van der Waals surface area (Å²) in [6.07, 6.45) is 8.71. The number of rotatable bonds is 4. The van der Waals surface area contributed by atoms with Gasteiger partial charge in [0.1, 0.15) is 0 Å². The maximum atomic E-state index is 5.62. The van der Waals surface area contributed by atoms with Crippen LogP contribution in [0, 0.1) is 5.92 Å². The lowest BCUT2D eigenvalue weighted by atomic mass is 9.93. The molecular formula is C11H22O. The third-order valence-corrected chi connectivity index (χ3v) is 2.81. The van der Waals surface area contributed by atoms with E-state index >= 15 is 0 Å². The standard InChI is InChI=1S/C11H22O/c1-3-4-5-6-11-8-7-10(2)12-9-11/h10-11H,3-9H2,1-2H3. The van der Waals surface area contributed by atoms with Crippen molar-refractivity contribution in [3.8, 4) is 0 Å². The molecule has 1 aliphatic rings. The molecule has 0 amide bonds. The van der Waals surface area contributed by atoms with Crippen molar-refractivity contribution in [3.05, 3.63) is 0 Å². The van der Waals surface area contributed by atoms with Gasteiger partial charge in [-0.2, -0.15) is 0 Å². The van der Waals surface area contributed by atoms with Crippen LogP contribution in [-0.4, -0.2) is 12.7 Å². The van der Waals surface area contributed by atoms with E-state index in [2.05, 4.69) is 13.8 Å². The van der Waals surface area contributed by atoms with E-state index in [1.54, 1.807) is 0 Å². The second-order valence-electron chi connectivity index (χ2n) is 4.08. The molecule has 1 heteroatoms. The first-order valence-electron chi connectivity index (χ1n) is 5.44. The minimum Gasteiger partial charge on any atom is -0.378 e. The van der Waals surface area contributed by atoms with Crippen molar-refractivity contribution in [1.82, 2.24) is 0 Å². The van der Waals surface area contributed by atoms with Crippen LogP contribution in [0.3, 0.4) is 0 Å². The van der Waals surface area contributed by atoms with Gasteiger partial charge in [0.25, 0.3) is 0 Å². The topological polar surface area (TPSA) is 9.23 Å².